The van der Waals surface area contributed by atoms with Gasteiger partial charge in [-0.2, -0.15) is 0 Å². The fraction of sp³-hybridized carbons (Fsp3) is 0.538. The van der Waals surface area contributed by atoms with Gasteiger partial charge in [0.2, 0.25) is 0 Å². The van der Waals surface area contributed by atoms with Gasteiger partial charge in [-0.25, -0.2) is 0 Å². The van der Waals surface area contributed by atoms with Crippen molar-refractivity contribution in [2.24, 2.45) is 0 Å². The largest absolute Gasteiger partial charge is 0.250 e. The van der Waals surface area contributed by atoms with E-state index < -0.39 is 0 Å². The fourth-order valence-electron chi connectivity index (χ4n) is 1.70. The van der Waals surface area contributed by atoms with Gasteiger partial charge in [0.05, 0.1) is 6.67 Å². The lowest BCUT2D eigenvalue weighted by Gasteiger charge is -2.12. The van der Waals surface area contributed by atoms with Gasteiger partial charge in [-0.05, 0) is 12.0 Å². The van der Waals surface area contributed by atoms with Crippen LogP contribution in [0.3, 0.4) is 0 Å². The van der Waals surface area contributed by atoms with Crippen molar-refractivity contribution in [3.8, 4) is 0 Å². The molecule has 14 heavy (non-hydrogen) atoms. The Balaban J connectivity index is 2.46. The van der Waals surface area contributed by atoms with E-state index in [0.717, 1.165) is 18.4 Å². The molecule has 0 bridgehead atoms. The number of unbranched alkanes of at least 4 members (excludes halogenated alkanes) is 2. The van der Waals surface area contributed by atoms with Crippen LogP contribution in [0.4, 0.5) is 4.39 Å². The number of alkyl halides is 1. The van der Waals surface area contributed by atoms with Crippen LogP contribution in [0.5, 0.6) is 0 Å². The summed E-state index contributed by atoms with van der Waals surface area (Å²) in [6, 6.07) is 9.99. The monoisotopic (exact) mass is 194 g/mol. The van der Waals surface area contributed by atoms with Crippen LogP contribution < -0.4 is 0 Å². The van der Waals surface area contributed by atoms with Crippen LogP contribution in [-0.4, -0.2) is 6.67 Å². The standard InChI is InChI=1S/C13H19F/c1-2-3-5-10-13(11-14)12-8-6-4-7-9-12/h4,6-9,13H,2-3,5,10-11H2,1H3. The highest BCUT2D eigenvalue weighted by Gasteiger charge is 2.09. The summed E-state index contributed by atoms with van der Waals surface area (Å²) in [6.07, 6.45) is 4.53. The maximum absolute atomic E-state index is 12.8. The zero-order valence-electron chi connectivity index (χ0n) is 8.88. The van der Waals surface area contributed by atoms with Crippen molar-refractivity contribution in [1.82, 2.24) is 0 Å². The fourth-order valence-corrected chi connectivity index (χ4v) is 1.70. The summed E-state index contributed by atoms with van der Waals surface area (Å²) in [6.45, 7) is 1.95. The molecule has 0 nitrogen and oxygen atoms in total. The van der Waals surface area contributed by atoms with Gasteiger partial charge in [0.15, 0.2) is 0 Å². The number of hydrogen-bond acceptors (Lipinski definition) is 0. The van der Waals surface area contributed by atoms with E-state index in [1.165, 1.54) is 12.8 Å². The van der Waals surface area contributed by atoms with Crippen LogP contribution in [0.15, 0.2) is 30.3 Å². The van der Waals surface area contributed by atoms with E-state index in [4.69, 9.17) is 0 Å². The third-order valence-corrected chi connectivity index (χ3v) is 2.61. The minimum absolute atomic E-state index is 0.114. The normalized spacial score (nSPS) is 12.7. The highest BCUT2D eigenvalue weighted by atomic mass is 19.1. The van der Waals surface area contributed by atoms with Gasteiger partial charge in [0, 0.05) is 5.92 Å². The Morgan fingerprint density at radius 2 is 1.86 bits per heavy atom. The first kappa shape index (κ1) is 11.2. The van der Waals surface area contributed by atoms with Crippen LogP contribution in [0.1, 0.15) is 44.1 Å². The topological polar surface area (TPSA) is 0 Å². The smallest absolute Gasteiger partial charge is 0.0962 e. The predicted octanol–water partition coefficient (Wildman–Crippen LogP) is 4.32. The first-order valence-electron chi connectivity index (χ1n) is 5.49. The molecule has 0 aliphatic heterocycles. The number of halogens is 1. The Morgan fingerprint density at radius 1 is 1.14 bits per heavy atom. The van der Waals surface area contributed by atoms with E-state index in [1.807, 2.05) is 30.3 Å². The van der Waals surface area contributed by atoms with Crippen LogP contribution in [-0.2, 0) is 0 Å². The van der Waals surface area contributed by atoms with Gasteiger partial charge in [0.25, 0.3) is 0 Å². The van der Waals surface area contributed by atoms with Crippen molar-refractivity contribution >= 4 is 0 Å². The van der Waals surface area contributed by atoms with Crippen molar-refractivity contribution < 1.29 is 4.39 Å². The molecule has 0 radical (unpaired) electrons. The second-order valence-electron chi connectivity index (χ2n) is 3.76. The predicted molar refractivity (Wildman–Crippen MR) is 59.3 cm³/mol. The minimum Gasteiger partial charge on any atom is -0.250 e. The number of rotatable bonds is 6. The number of benzene rings is 1. The van der Waals surface area contributed by atoms with E-state index in [2.05, 4.69) is 6.92 Å². The summed E-state index contributed by atoms with van der Waals surface area (Å²) in [5, 5.41) is 0. The van der Waals surface area contributed by atoms with Crippen molar-refractivity contribution in [3.05, 3.63) is 35.9 Å². The molecule has 1 heteroatoms. The third kappa shape index (κ3) is 3.49. The molecule has 1 aromatic carbocycles. The molecule has 0 saturated heterocycles. The molecule has 0 aromatic heterocycles. The zero-order chi connectivity index (χ0) is 10.2. The summed E-state index contributed by atoms with van der Waals surface area (Å²) in [7, 11) is 0. The van der Waals surface area contributed by atoms with E-state index in [0.29, 0.717) is 0 Å². The molecule has 0 spiro atoms. The van der Waals surface area contributed by atoms with E-state index in [1.54, 1.807) is 0 Å². The van der Waals surface area contributed by atoms with Crippen LogP contribution in [0, 0.1) is 0 Å². The molecule has 0 fully saturated rings. The second-order valence-corrected chi connectivity index (χ2v) is 3.76. The second kappa shape index (κ2) is 6.58. The summed E-state index contributed by atoms with van der Waals surface area (Å²) in [5.41, 5.74) is 1.14. The third-order valence-electron chi connectivity index (χ3n) is 2.61. The highest BCUT2D eigenvalue weighted by Crippen LogP contribution is 2.22. The summed E-state index contributed by atoms with van der Waals surface area (Å²) >= 11 is 0. The Kier molecular flexibility index (Phi) is 5.28. The maximum atomic E-state index is 12.8. The van der Waals surface area contributed by atoms with Crippen molar-refractivity contribution in [3.63, 3.8) is 0 Å². The Hall–Kier alpha value is -0.850. The van der Waals surface area contributed by atoms with Crippen LogP contribution in [0.2, 0.25) is 0 Å². The molecule has 0 aliphatic rings. The SMILES string of the molecule is CCCCCC(CF)c1ccccc1. The molecule has 1 rings (SSSR count). The Morgan fingerprint density at radius 3 is 2.43 bits per heavy atom. The molecule has 0 amide bonds. The first-order chi connectivity index (χ1) is 6.88. The molecule has 78 valence electrons. The Labute approximate surface area is 86.2 Å². The summed E-state index contributed by atoms with van der Waals surface area (Å²) < 4.78 is 12.8. The van der Waals surface area contributed by atoms with Gasteiger partial charge in [-0.3, -0.25) is 4.39 Å². The number of hydrogen-bond donors (Lipinski definition) is 0. The van der Waals surface area contributed by atoms with Crippen LogP contribution >= 0.6 is 0 Å². The molecule has 0 N–H and O–H groups in total. The molecule has 0 saturated carbocycles. The van der Waals surface area contributed by atoms with Gasteiger partial charge < -0.3 is 0 Å². The molecule has 0 aliphatic carbocycles. The van der Waals surface area contributed by atoms with E-state index in [9.17, 15) is 4.39 Å². The molecular weight excluding hydrogens is 175 g/mol. The zero-order valence-corrected chi connectivity index (χ0v) is 8.88. The average molecular weight is 194 g/mol. The summed E-state index contributed by atoms with van der Waals surface area (Å²) in [5.74, 6) is 0.114. The van der Waals surface area contributed by atoms with Gasteiger partial charge >= 0.3 is 0 Å². The quantitative estimate of drug-likeness (QED) is 0.592. The van der Waals surface area contributed by atoms with Crippen LogP contribution in [0.25, 0.3) is 0 Å². The lowest BCUT2D eigenvalue weighted by molar-refractivity contribution is 0.405. The van der Waals surface area contributed by atoms with Crippen molar-refractivity contribution in [1.29, 1.82) is 0 Å². The summed E-state index contributed by atoms with van der Waals surface area (Å²) in [4.78, 5) is 0. The minimum atomic E-state index is -0.228. The molecule has 1 unspecified atom stereocenters. The van der Waals surface area contributed by atoms with E-state index >= 15 is 0 Å². The average Bonchev–Trinajstić information content (AvgIpc) is 2.26. The molecule has 1 aromatic rings. The van der Waals surface area contributed by atoms with Gasteiger partial charge in [-0.1, -0.05) is 56.5 Å². The Bertz CT molecular complexity index is 230. The lowest BCUT2D eigenvalue weighted by atomic mass is 9.94. The molecular formula is C13H19F. The van der Waals surface area contributed by atoms with Crippen molar-refractivity contribution in [2.45, 2.75) is 38.5 Å². The maximum Gasteiger partial charge on any atom is 0.0962 e. The highest BCUT2D eigenvalue weighted by molar-refractivity contribution is 5.19. The van der Waals surface area contributed by atoms with Gasteiger partial charge in [-0.15, -0.1) is 0 Å². The first-order valence-corrected chi connectivity index (χ1v) is 5.49. The van der Waals surface area contributed by atoms with Gasteiger partial charge in [0.1, 0.15) is 0 Å². The molecule has 0 heterocycles. The lowest BCUT2D eigenvalue weighted by Crippen LogP contribution is -2.00. The van der Waals surface area contributed by atoms with Crippen molar-refractivity contribution in [2.75, 3.05) is 6.67 Å². The molecule has 1 atom stereocenters. The van der Waals surface area contributed by atoms with E-state index in [-0.39, 0.29) is 12.6 Å².